The fourth-order valence-electron chi connectivity index (χ4n) is 3.39. The third kappa shape index (κ3) is 8.11. The molecule has 2 aromatic carbocycles. The Morgan fingerprint density at radius 3 is 2.35 bits per heavy atom. The predicted molar refractivity (Wildman–Crippen MR) is 122 cm³/mol. The summed E-state index contributed by atoms with van der Waals surface area (Å²) in [6.07, 6.45) is 2.09. The zero-order valence-electron chi connectivity index (χ0n) is 17.6. The summed E-state index contributed by atoms with van der Waals surface area (Å²) in [6, 6.07) is 16.5. The van der Waals surface area contributed by atoms with Crippen molar-refractivity contribution in [3.8, 4) is 5.75 Å². The number of hydrogen-bond donors (Lipinski definition) is 3. The number of rotatable bonds is 8. The molecule has 7 nitrogen and oxygen atoms in total. The number of methoxy groups -OCH3 is 1. The van der Waals surface area contributed by atoms with Crippen LogP contribution in [0.3, 0.4) is 0 Å². The van der Waals surface area contributed by atoms with Gasteiger partial charge in [0.15, 0.2) is 0 Å². The van der Waals surface area contributed by atoms with Crippen LogP contribution in [-0.4, -0.2) is 44.3 Å². The molecule has 3 rings (SSSR count). The van der Waals surface area contributed by atoms with E-state index in [0.717, 1.165) is 42.8 Å². The van der Waals surface area contributed by atoms with Crippen LogP contribution in [0.1, 0.15) is 24.0 Å². The van der Waals surface area contributed by atoms with E-state index in [9.17, 15) is 9.59 Å². The summed E-state index contributed by atoms with van der Waals surface area (Å²) in [4.78, 5) is 24.5. The molecule has 0 aliphatic carbocycles. The molecular weight excluding hydrogens is 418 g/mol. The van der Waals surface area contributed by atoms with Crippen LogP contribution in [0.15, 0.2) is 54.6 Å². The maximum Gasteiger partial charge on any atom is 0.328 e. The van der Waals surface area contributed by atoms with Gasteiger partial charge in [-0.2, -0.15) is 0 Å². The molecule has 1 heterocycles. The molecule has 2 amide bonds. The zero-order chi connectivity index (χ0) is 21.2. The van der Waals surface area contributed by atoms with Crippen LogP contribution >= 0.6 is 12.4 Å². The molecule has 0 radical (unpaired) electrons. The van der Waals surface area contributed by atoms with E-state index in [4.69, 9.17) is 9.47 Å². The Kier molecular flexibility index (Phi) is 10.1. The summed E-state index contributed by atoms with van der Waals surface area (Å²) in [5.74, 6) is 0.272. The first kappa shape index (κ1) is 24.5. The number of ether oxygens (including phenoxy) is 2. The molecular formula is C23H30ClN3O4. The lowest BCUT2D eigenvalue weighted by atomic mass is 10.1. The first-order chi connectivity index (χ1) is 14.6. The molecule has 0 spiro atoms. The lowest BCUT2D eigenvalue weighted by Gasteiger charge is -2.25. The molecule has 1 atom stereocenters. The summed E-state index contributed by atoms with van der Waals surface area (Å²) in [7, 11) is 1.32. The lowest BCUT2D eigenvalue weighted by Crippen LogP contribution is -2.52. The topological polar surface area (TPSA) is 88.7 Å². The number of carbonyl (C=O) groups excluding carboxylic acids is 2. The monoisotopic (exact) mass is 447 g/mol. The van der Waals surface area contributed by atoms with E-state index in [1.54, 1.807) is 0 Å². The van der Waals surface area contributed by atoms with Crippen LogP contribution in [-0.2, 0) is 22.6 Å². The number of urea groups is 1. The Balaban J connectivity index is 0.00000341. The smallest absolute Gasteiger partial charge is 0.328 e. The lowest BCUT2D eigenvalue weighted by molar-refractivity contribution is -0.142. The van der Waals surface area contributed by atoms with Gasteiger partial charge in [-0.3, -0.25) is 0 Å². The van der Waals surface area contributed by atoms with Crippen LogP contribution in [0.5, 0.6) is 5.75 Å². The minimum Gasteiger partial charge on any atom is -0.489 e. The highest BCUT2D eigenvalue weighted by molar-refractivity contribution is 5.85. The summed E-state index contributed by atoms with van der Waals surface area (Å²) >= 11 is 0. The standard InChI is InChI=1S/C23H29N3O4.ClH/c1-29-22(27)21(26-23(28)25-19-11-13-24-14-12-19)15-17-7-9-20(10-8-17)30-16-18-5-3-2-4-6-18;/h2-10,19,21,24H,11-16H2,1H3,(H2,25,26,28);1H/t21-;/m0./s1. The Hall–Kier alpha value is -2.77. The Morgan fingerprint density at radius 1 is 1.03 bits per heavy atom. The number of carbonyl (C=O) groups is 2. The van der Waals surface area contributed by atoms with Gasteiger partial charge in [0.05, 0.1) is 7.11 Å². The minimum absolute atomic E-state index is 0. The second-order valence-electron chi connectivity index (χ2n) is 7.34. The number of amides is 2. The summed E-state index contributed by atoms with van der Waals surface area (Å²) in [5, 5.41) is 8.94. The van der Waals surface area contributed by atoms with Gasteiger partial charge in [0.25, 0.3) is 0 Å². The van der Waals surface area contributed by atoms with Crippen LogP contribution in [0.2, 0.25) is 0 Å². The van der Waals surface area contributed by atoms with E-state index in [1.807, 2.05) is 54.6 Å². The molecule has 0 saturated carbocycles. The number of halogens is 1. The van der Waals surface area contributed by atoms with Gasteiger partial charge in [-0.15, -0.1) is 12.4 Å². The maximum absolute atomic E-state index is 12.3. The average Bonchev–Trinajstić information content (AvgIpc) is 2.79. The quantitative estimate of drug-likeness (QED) is 0.541. The molecule has 0 unspecified atom stereocenters. The predicted octanol–water partition coefficient (Wildman–Crippen LogP) is 2.82. The molecule has 2 aromatic rings. The average molecular weight is 448 g/mol. The van der Waals surface area contributed by atoms with E-state index in [0.29, 0.717) is 13.0 Å². The summed E-state index contributed by atoms with van der Waals surface area (Å²) < 4.78 is 10.7. The van der Waals surface area contributed by atoms with Crippen molar-refractivity contribution in [2.45, 2.75) is 38.0 Å². The van der Waals surface area contributed by atoms with Crippen LogP contribution in [0, 0.1) is 0 Å². The highest BCUT2D eigenvalue weighted by Gasteiger charge is 2.23. The second-order valence-corrected chi connectivity index (χ2v) is 7.34. The molecule has 1 fully saturated rings. The third-order valence-electron chi connectivity index (χ3n) is 5.08. The molecule has 3 N–H and O–H groups in total. The van der Waals surface area contributed by atoms with Crippen molar-refractivity contribution >= 4 is 24.4 Å². The van der Waals surface area contributed by atoms with Crippen molar-refractivity contribution in [2.24, 2.45) is 0 Å². The normalized spacial score (nSPS) is 14.6. The first-order valence-corrected chi connectivity index (χ1v) is 10.3. The van der Waals surface area contributed by atoms with E-state index in [-0.39, 0.29) is 24.5 Å². The maximum atomic E-state index is 12.3. The number of nitrogens with one attached hydrogen (secondary N) is 3. The van der Waals surface area contributed by atoms with Crippen molar-refractivity contribution in [2.75, 3.05) is 20.2 Å². The summed E-state index contributed by atoms with van der Waals surface area (Å²) in [5.41, 5.74) is 2.00. The van der Waals surface area contributed by atoms with Gasteiger partial charge >= 0.3 is 12.0 Å². The van der Waals surface area contributed by atoms with Gasteiger partial charge < -0.3 is 25.4 Å². The van der Waals surface area contributed by atoms with E-state index in [2.05, 4.69) is 16.0 Å². The Labute approximate surface area is 189 Å². The van der Waals surface area contributed by atoms with Crippen LogP contribution in [0.4, 0.5) is 4.79 Å². The fourth-order valence-corrected chi connectivity index (χ4v) is 3.39. The van der Waals surface area contributed by atoms with Crippen molar-refractivity contribution < 1.29 is 19.1 Å². The van der Waals surface area contributed by atoms with Crippen molar-refractivity contribution in [1.82, 2.24) is 16.0 Å². The number of hydrogen-bond acceptors (Lipinski definition) is 5. The molecule has 8 heteroatoms. The van der Waals surface area contributed by atoms with E-state index >= 15 is 0 Å². The molecule has 31 heavy (non-hydrogen) atoms. The molecule has 0 aromatic heterocycles. The molecule has 1 aliphatic heterocycles. The molecule has 0 bridgehead atoms. The van der Waals surface area contributed by atoms with E-state index in [1.165, 1.54) is 7.11 Å². The van der Waals surface area contributed by atoms with Gasteiger partial charge in [-0.1, -0.05) is 42.5 Å². The minimum atomic E-state index is -0.757. The molecule has 1 saturated heterocycles. The highest BCUT2D eigenvalue weighted by Crippen LogP contribution is 2.16. The van der Waals surface area contributed by atoms with Gasteiger partial charge in [0.1, 0.15) is 18.4 Å². The SMILES string of the molecule is COC(=O)[C@H](Cc1ccc(OCc2ccccc2)cc1)NC(=O)NC1CCNCC1.Cl. The van der Waals surface area contributed by atoms with Crippen molar-refractivity contribution in [3.05, 3.63) is 65.7 Å². The van der Waals surface area contributed by atoms with Crippen molar-refractivity contribution in [1.29, 1.82) is 0 Å². The fraction of sp³-hybridized carbons (Fsp3) is 0.391. The molecule has 168 valence electrons. The van der Waals surface area contributed by atoms with Gasteiger partial charge in [0, 0.05) is 12.5 Å². The third-order valence-corrected chi connectivity index (χ3v) is 5.08. The van der Waals surface area contributed by atoms with Crippen molar-refractivity contribution in [3.63, 3.8) is 0 Å². The largest absolute Gasteiger partial charge is 0.489 e. The number of esters is 1. The Morgan fingerprint density at radius 2 is 1.71 bits per heavy atom. The van der Waals surface area contributed by atoms with E-state index < -0.39 is 12.0 Å². The number of benzene rings is 2. The first-order valence-electron chi connectivity index (χ1n) is 10.3. The van der Waals surface area contributed by atoms with Crippen LogP contribution in [0.25, 0.3) is 0 Å². The van der Waals surface area contributed by atoms with Gasteiger partial charge in [0.2, 0.25) is 0 Å². The highest BCUT2D eigenvalue weighted by atomic mass is 35.5. The number of piperidine rings is 1. The molecule has 1 aliphatic rings. The van der Waals surface area contributed by atoms with Gasteiger partial charge in [-0.25, -0.2) is 9.59 Å². The Bertz CT molecular complexity index is 811. The van der Waals surface area contributed by atoms with Gasteiger partial charge in [-0.05, 0) is 49.2 Å². The zero-order valence-corrected chi connectivity index (χ0v) is 18.5. The van der Waals surface area contributed by atoms with Crippen LogP contribution < -0.4 is 20.7 Å². The summed E-state index contributed by atoms with van der Waals surface area (Å²) in [6.45, 7) is 2.25. The second kappa shape index (κ2) is 12.8.